The molecule has 0 aromatic carbocycles. The topological polar surface area (TPSA) is 67.6 Å². The van der Waals surface area contributed by atoms with Crippen molar-refractivity contribution < 1.29 is 4.74 Å². The number of ether oxygens (including phenoxy) is 1. The zero-order valence-electron chi connectivity index (χ0n) is 15.8. The third kappa shape index (κ3) is 4.88. The lowest BCUT2D eigenvalue weighted by molar-refractivity contribution is 0.113. The highest BCUT2D eigenvalue weighted by Gasteiger charge is 2.29. The summed E-state index contributed by atoms with van der Waals surface area (Å²) in [6.07, 6.45) is 2.59. The molecule has 140 valence electrons. The Balaban J connectivity index is 1.70. The monoisotopic (exact) mass is 366 g/mol. The molecule has 1 unspecified atom stereocenters. The van der Waals surface area contributed by atoms with Gasteiger partial charge in [0.05, 0.1) is 6.10 Å². The molecule has 2 aliphatic rings. The SMILES string of the molecule is Cc1nnc(CN=C(NCC2CCCO2)N2CCSC(C)(C)C2)n1C. The molecule has 1 aromatic rings. The Morgan fingerprint density at radius 2 is 2.28 bits per heavy atom. The van der Waals surface area contributed by atoms with Crippen LogP contribution >= 0.6 is 11.8 Å². The molecule has 1 N–H and O–H groups in total. The second-order valence-electron chi connectivity index (χ2n) is 7.41. The van der Waals surface area contributed by atoms with Gasteiger partial charge >= 0.3 is 0 Å². The van der Waals surface area contributed by atoms with E-state index in [0.29, 0.717) is 12.6 Å². The first kappa shape index (κ1) is 18.5. The average Bonchev–Trinajstić information content (AvgIpc) is 3.19. The van der Waals surface area contributed by atoms with E-state index in [1.54, 1.807) is 0 Å². The quantitative estimate of drug-likeness (QED) is 0.645. The molecule has 1 aromatic heterocycles. The maximum absolute atomic E-state index is 5.75. The third-order valence-corrected chi connectivity index (χ3v) is 6.09. The van der Waals surface area contributed by atoms with Crippen molar-refractivity contribution in [1.29, 1.82) is 0 Å². The van der Waals surface area contributed by atoms with E-state index < -0.39 is 0 Å². The zero-order valence-corrected chi connectivity index (χ0v) is 16.6. The number of nitrogens with one attached hydrogen (secondary N) is 1. The zero-order chi connectivity index (χ0) is 17.9. The summed E-state index contributed by atoms with van der Waals surface area (Å²) in [6.45, 7) is 10.8. The van der Waals surface area contributed by atoms with Crippen LogP contribution in [0.4, 0.5) is 0 Å². The van der Waals surface area contributed by atoms with Crippen molar-refractivity contribution in [3.05, 3.63) is 11.6 Å². The fourth-order valence-electron chi connectivity index (χ4n) is 3.21. The molecular weight excluding hydrogens is 336 g/mol. The van der Waals surface area contributed by atoms with E-state index in [4.69, 9.17) is 9.73 Å². The summed E-state index contributed by atoms with van der Waals surface area (Å²) in [6, 6.07) is 0. The normalized spacial score (nSPS) is 23.9. The first-order chi connectivity index (χ1) is 11.9. The second-order valence-corrected chi connectivity index (χ2v) is 9.21. The molecule has 0 bridgehead atoms. The van der Waals surface area contributed by atoms with Gasteiger partial charge in [-0.3, -0.25) is 0 Å². The van der Waals surface area contributed by atoms with Gasteiger partial charge in [-0.15, -0.1) is 10.2 Å². The molecule has 0 radical (unpaired) electrons. The fourth-order valence-corrected chi connectivity index (χ4v) is 4.32. The summed E-state index contributed by atoms with van der Waals surface area (Å²) < 4.78 is 7.99. The highest BCUT2D eigenvalue weighted by atomic mass is 32.2. The van der Waals surface area contributed by atoms with E-state index >= 15 is 0 Å². The van der Waals surface area contributed by atoms with Gasteiger partial charge in [-0.1, -0.05) is 0 Å². The first-order valence-corrected chi connectivity index (χ1v) is 10.1. The van der Waals surface area contributed by atoms with Gasteiger partial charge < -0.3 is 19.5 Å². The Kier molecular flexibility index (Phi) is 5.89. The minimum atomic E-state index is 0.242. The molecule has 3 heterocycles. The third-order valence-electron chi connectivity index (χ3n) is 4.79. The van der Waals surface area contributed by atoms with Crippen LogP contribution in [0.15, 0.2) is 4.99 Å². The lowest BCUT2D eigenvalue weighted by Crippen LogP contribution is -2.52. The smallest absolute Gasteiger partial charge is 0.194 e. The summed E-state index contributed by atoms with van der Waals surface area (Å²) in [5, 5.41) is 11.9. The molecule has 25 heavy (non-hydrogen) atoms. The van der Waals surface area contributed by atoms with E-state index in [1.165, 1.54) is 0 Å². The van der Waals surface area contributed by atoms with Gasteiger partial charge in [0.15, 0.2) is 11.8 Å². The van der Waals surface area contributed by atoms with Gasteiger partial charge in [0, 0.05) is 43.8 Å². The molecule has 2 fully saturated rings. The highest BCUT2D eigenvalue weighted by molar-refractivity contribution is 8.00. The van der Waals surface area contributed by atoms with Gasteiger partial charge in [0.25, 0.3) is 0 Å². The van der Waals surface area contributed by atoms with Crippen LogP contribution in [0.25, 0.3) is 0 Å². The number of rotatable bonds is 4. The largest absolute Gasteiger partial charge is 0.376 e. The molecule has 2 aliphatic heterocycles. The van der Waals surface area contributed by atoms with E-state index in [-0.39, 0.29) is 4.75 Å². The Bertz CT molecular complexity index is 608. The molecule has 0 aliphatic carbocycles. The van der Waals surface area contributed by atoms with E-state index in [0.717, 1.165) is 62.4 Å². The Hall–Kier alpha value is -1.28. The van der Waals surface area contributed by atoms with Gasteiger partial charge in [-0.25, -0.2) is 4.99 Å². The molecule has 3 rings (SSSR count). The van der Waals surface area contributed by atoms with Crippen molar-refractivity contribution in [2.24, 2.45) is 12.0 Å². The van der Waals surface area contributed by atoms with Gasteiger partial charge in [-0.05, 0) is 33.6 Å². The van der Waals surface area contributed by atoms with Gasteiger partial charge in [0.2, 0.25) is 0 Å². The van der Waals surface area contributed by atoms with Crippen molar-refractivity contribution in [3.63, 3.8) is 0 Å². The van der Waals surface area contributed by atoms with Crippen molar-refractivity contribution >= 4 is 17.7 Å². The predicted molar refractivity (Wildman–Crippen MR) is 102 cm³/mol. The van der Waals surface area contributed by atoms with Crippen LogP contribution in [0.3, 0.4) is 0 Å². The number of aromatic nitrogens is 3. The Labute approximate surface area is 154 Å². The number of aryl methyl sites for hydroxylation is 1. The predicted octanol–water partition coefficient (Wildman–Crippen LogP) is 1.58. The standard InChI is InChI=1S/C17H30N6OS/c1-13-20-21-15(22(13)4)11-19-16(18-10-14-6-5-8-24-14)23-7-9-25-17(2,3)12-23/h14H,5-12H2,1-4H3,(H,18,19). The minimum absolute atomic E-state index is 0.242. The van der Waals surface area contributed by atoms with Crippen LogP contribution in [0, 0.1) is 6.92 Å². The number of guanidine groups is 1. The molecule has 1 atom stereocenters. The maximum atomic E-state index is 5.75. The second kappa shape index (κ2) is 7.95. The van der Waals surface area contributed by atoms with Crippen molar-refractivity contribution in [3.8, 4) is 0 Å². The van der Waals surface area contributed by atoms with Crippen LogP contribution < -0.4 is 5.32 Å². The van der Waals surface area contributed by atoms with E-state index in [2.05, 4.69) is 34.3 Å². The van der Waals surface area contributed by atoms with Gasteiger partial charge in [0.1, 0.15) is 12.4 Å². The van der Waals surface area contributed by atoms with E-state index in [1.807, 2.05) is 30.3 Å². The summed E-state index contributed by atoms with van der Waals surface area (Å²) in [7, 11) is 1.99. The van der Waals surface area contributed by atoms with Crippen LogP contribution in [-0.2, 0) is 18.3 Å². The molecular formula is C17H30N6OS. The molecule has 7 nitrogen and oxygen atoms in total. The average molecular weight is 367 g/mol. The minimum Gasteiger partial charge on any atom is -0.376 e. The summed E-state index contributed by atoms with van der Waals surface area (Å²) in [5.74, 6) is 3.88. The summed E-state index contributed by atoms with van der Waals surface area (Å²) in [4.78, 5) is 7.23. The number of hydrogen-bond acceptors (Lipinski definition) is 5. The lowest BCUT2D eigenvalue weighted by Gasteiger charge is -2.39. The first-order valence-electron chi connectivity index (χ1n) is 9.08. The number of thioether (sulfide) groups is 1. The Morgan fingerprint density at radius 3 is 2.92 bits per heavy atom. The molecule has 0 saturated carbocycles. The van der Waals surface area contributed by atoms with Crippen molar-refractivity contribution in [2.75, 3.05) is 32.0 Å². The summed E-state index contributed by atoms with van der Waals surface area (Å²) in [5.41, 5.74) is 0. The number of hydrogen-bond donors (Lipinski definition) is 1. The van der Waals surface area contributed by atoms with Crippen molar-refractivity contribution in [1.82, 2.24) is 25.0 Å². The molecule has 8 heteroatoms. The van der Waals surface area contributed by atoms with Crippen LogP contribution in [0.1, 0.15) is 38.3 Å². The Morgan fingerprint density at radius 1 is 1.44 bits per heavy atom. The number of aliphatic imine (C=N–C) groups is 1. The molecule has 0 spiro atoms. The maximum Gasteiger partial charge on any atom is 0.194 e. The molecule has 2 saturated heterocycles. The fraction of sp³-hybridized carbons (Fsp3) is 0.824. The van der Waals surface area contributed by atoms with E-state index in [9.17, 15) is 0 Å². The number of nitrogens with zero attached hydrogens (tertiary/aromatic N) is 5. The highest BCUT2D eigenvalue weighted by Crippen LogP contribution is 2.29. The van der Waals surface area contributed by atoms with Crippen molar-refractivity contribution in [2.45, 2.75) is 51.0 Å². The van der Waals surface area contributed by atoms with Crippen LogP contribution in [0.2, 0.25) is 0 Å². The van der Waals surface area contributed by atoms with Crippen LogP contribution in [0.5, 0.6) is 0 Å². The van der Waals surface area contributed by atoms with Crippen LogP contribution in [-0.4, -0.2) is 68.5 Å². The van der Waals surface area contributed by atoms with Gasteiger partial charge in [-0.2, -0.15) is 11.8 Å². The molecule has 0 amide bonds. The summed E-state index contributed by atoms with van der Waals surface area (Å²) >= 11 is 2.03. The lowest BCUT2D eigenvalue weighted by atomic mass is 10.2.